The van der Waals surface area contributed by atoms with Crippen LogP contribution in [0, 0.1) is 0 Å². The van der Waals surface area contributed by atoms with Crippen LogP contribution in [0.2, 0.25) is 0 Å². The van der Waals surface area contributed by atoms with E-state index in [0.717, 1.165) is 0 Å². The lowest BCUT2D eigenvalue weighted by molar-refractivity contribution is 0.392. The highest BCUT2D eigenvalue weighted by molar-refractivity contribution is 4.81. The third-order valence-corrected chi connectivity index (χ3v) is 4.12. The lowest BCUT2D eigenvalue weighted by Crippen LogP contribution is -2.12. The number of allylic oxidation sites excluding steroid dienone is 2. The number of unbranched alkanes of at least 4 members (excludes halogenated alkanes) is 12. The van der Waals surface area contributed by atoms with Gasteiger partial charge >= 0.3 is 0 Å². The second-order valence-electron chi connectivity index (χ2n) is 6.74. The molecule has 0 aromatic carbocycles. The monoisotopic (exact) mass is 295 g/mol. The number of hydrogen-bond donors (Lipinski definition) is 0. The topological polar surface area (TPSA) is 3.24 Å². The molecule has 1 heteroatoms. The van der Waals surface area contributed by atoms with Crippen molar-refractivity contribution in [3.63, 3.8) is 0 Å². The molecule has 21 heavy (non-hydrogen) atoms. The van der Waals surface area contributed by atoms with E-state index in [1.807, 2.05) is 0 Å². The largest absolute Gasteiger partial charge is 0.309 e. The maximum Gasteiger partial charge on any atom is -0.00248 e. The maximum atomic E-state index is 2.41. The van der Waals surface area contributed by atoms with Gasteiger partial charge < -0.3 is 4.90 Å². The summed E-state index contributed by atoms with van der Waals surface area (Å²) in [5.41, 5.74) is 0. The van der Waals surface area contributed by atoms with Crippen molar-refractivity contribution in [1.29, 1.82) is 0 Å². The van der Waals surface area contributed by atoms with Crippen molar-refractivity contribution in [3.05, 3.63) is 12.2 Å². The first-order chi connectivity index (χ1) is 10.3. The van der Waals surface area contributed by atoms with Gasteiger partial charge in [-0.05, 0) is 52.7 Å². The molecule has 0 unspecified atom stereocenters. The molecule has 0 aromatic heterocycles. The molecule has 0 N–H and O–H groups in total. The molecule has 0 saturated heterocycles. The maximum absolute atomic E-state index is 2.41. The smallest absolute Gasteiger partial charge is 0.00248 e. The lowest BCUT2D eigenvalue weighted by Gasteiger charge is -2.07. The third kappa shape index (κ3) is 19.7. The van der Waals surface area contributed by atoms with Gasteiger partial charge in [-0.3, -0.25) is 0 Å². The van der Waals surface area contributed by atoms with Crippen LogP contribution < -0.4 is 0 Å². The van der Waals surface area contributed by atoms with Crippen LogP contribution in [0.15, 0.2) is 12.2 Å². The number of rotatable bonds is 16. The zero-order chi connectivity index (χ0) is 15.6. The fraction of sp³-hybridized carbons (Fsp3) is 0.900. The Labute approximate surface area is 135 Å². The van der Waals surface area contributed by atoms with Crippen molar-refractivity contribution in [2.75, 3.05) is 20.6 Å². The molecule has 126 valence electrons. The van der Waals surface area contributed by atoms with E-state index in [2.05, 4.69) is 38.1 Å². The van der Waals surface area contributed by atoms with Gasteiger partial charge in [0, 0.05) is 0 Å². The van der Waals surface area contributed by atoms with Crippen molar-refractivity contribution in [2.24, 2.45) is 0 Å². The molecule has 1 nitrogen and oxygen atoms in total. The molecule has 0 aromatic rings. The summed E-state index contributed by atoms with van der Waals surface area (Å²) in [5, 5.41) is 0. The van der Waals surface area contributed by atoms with Crippen LogP contribution in [-0.2, 0) is 0 Å². The van der Waals surface area contributed by atoms with Crippen molar-refractivity contribution in [2.45, 2.75) is 96.8 Å². The molecular formula is C20H41N. The Bertz CT molecular complexity index is 208. The van der Waals surface area contributed by atoms with E-state index in [1.165, 1.54) is 96.4 Å². The predicted octanol–water partition coefficient (Wildman–Crippen LogP) is 6.59. The average Bonchev–Trinajstić information content (AvgIpc) is 2.46. The van der Waals surface area contributed by atoms with Gasteiger partial charge in [0.05, 0.1) is 0 Å². The highest BCUT2D eigenvalue weighted by Crippen LogP contribution is 2.11. The molecule has 0 amide bonds. The van der Waals surface area contributed by atoms with Crippen LogP contribution in [0.25, 0.3) is 0 Å². The number of nitrogens with zero attached hydrogens (tertiary/aromatic N) is 1. The normalized spacial score (nSPS) is 11.8. The SMILES string of the molecule is CCCCCCCCCCC/C=C\CCCCCN(C)C. The Kier molecular flexibility index (Phi) is 17.5. The van der Waals surface area contributed by atoms with Gasteiger partial charge in [0.25, 0.3) is 0 Å². The molecule has 0 radical (unpaired) electrons. The van der Waals surface area contributed by atoms with Crippen molar-refractivity contribution >= 4 is 0 Å². The Morgan fingerprint density at radius 2 is 1.00 bits per heavy atom. The second-order valence-corrected chi connectivity index (χ2v) is 6.74. The first kappa shape index (κ1) is 20.7. The van der Waals surface area contributed by atoms with E-state index in [9.17, 15) is 0 Å². The fourth-order valence-corrected chi connectivity index (χ4v) is 2.68. The summed E-state index contributed by atoms with van der Waals surface area (Å²) in [4.78, 5) is 2.28. The molecular weight excluding hydrogens is 254 g/mol. The zero-order valence-corrected chi connectivity index (χ0v) is 15.2. The summed E-state index contributed by atoms with van der Waals surface area (Å²) in [6, 6.07) is 0. The van der Waals surface area contributed by atoms with Crippen LogP contribution in [0.1, 0.15) is 96.8 Å². The molecule has 0 aliphatic rings. The van der Waals surface area contributed by atoms with E-state index in [1.54, 1.807) is 0 Å². The fourth-order valence-electron chi connectivity index (χ4n) is 2.68. The summed E-state index contributed by atoms with van der Waals surface area (Å²) in [5.74, 6) is 0. The molecule has 0 bridgehead atoms. The van der Waals surface area contributed by atoms with Crippen LogP contribution in [0.4, 0.5) is 0 Å². The van der Waals surface area contributed by atoms with Crippen LogP contribution in [0.5, 0.6) is 0 Å². The zero-order valence-electron chi connectivity index (χ0n) is 15.2. The minimum Gasteiger partial charge on any atom is -0.309 e. The quantitative estimate of drug-likeness (QED) is 0.229. The molecule has 0 rings (SSSR count). The summed E-state index contributed by atoms with van der Waals surface area (Å²) in [6.45, 7) is 3.53. The van der Waals surface area contributed by atoms with Crippen molar-refractivity contribution < 1.29 is 0 Å². The minimum atomic E-state index is 1.24. The van der Waals surface area contributed by atoms with Crippen LogP contribution in [0.3, 0.4) is 0 Å². The van der Waals surface area contributed by atoms with Gasteiger partial charge in [-0.25, -0.2) is 0 Å². The van der Waals surface area contributed by atoms with Gasteiger partial charge in [-0.15, -0.1) is 0 Å². The first-order valence-corrected chi connectivity index (χ1v) is 9.57. The van der Waals surface area contributed by atoms with Gasteiger partial charge in [0.1, 0.15) is 0 Å². The second kappa shape index (κ2) is 17.8. The average molecular weight is 296 g/mol. The van der Waals surface area contributed by atoms with E-state index >= 15 is 0 Å². The molecule has 0 saturated carbocycles. The van der Waals surface area contributed by atoms with E-state index in [-0.39, 0.29) is 0 Å². The highest BCUT2D eigenvalue weighted by Gasteiger charge is 1.92. The van der Waals surface area contributed by atoms with E-state index < -0.39 is 0 Å². The Morgan fingerprint density at radius 3 is 1.48 bits per heavy atom. The Balaban J connectivity index is 3.05. The number of hydrogen-bond acceptors (Lipinski definition) is 1. The van der Waals surface area contributed by atoms with Crippen LogP contribution >= 0.6 is 0 Å². The third-order valence-electron chi connectivity index (χ3n) is 4.12. The van der Waals surface area contributed by atoms with Crippen molar-refractivity contribution in [1.82, 2.24) is 4.90 Å². The molecule has 0 atom stereocenters. The van der Waals surface area contributed by atoms with E-state index in [4.69, 9.17) is 0 Å². The Morgan fingerprint density at radius 1 is 0.571 bits per heavy atom. The van der Waals surface area contributed by atoms with Gasteiger partial charge in [-0.1, -0.05) is 76.9 Å². The van der Waals surface area contributed by atoms with Gasteiger partial charge in [-0.2, -0.15) is 0 Å². The predicted molar refractivity (Wildman–Crippen MR) is 98.0 cm³/mol. The highest BCUT2D eigenvalue weighted by atomic mass is 15.0. The standard InChI is InChI=1S/C20H41N/c1-4-5-6-7-8-9-10-11-12-13-14-15-16-17-18-19-20-21(2)3/h14-15H,4-13,16-20H2,1-3H3/b15-14-. The molecule has 0 aliphatic heterocycles. The van der Waals surface area contributed by atoms with Gasteiger partial charge in [0.15, 0.2) is 0 Å². The molecule has 0 heterocycles. The molecule has 0 fully saturated rings. The van der Waals surface area contributed by atoms with Gasteiger partial charge in [0.2, 0.25) is 0 Å². The minimum absolute atomic E-state index is 1.24. The van der Waals surface area contributed by atoms with Crippen LogP contribution in [-0.4, -0.2) is 25.5 Å². The Hall–Kier alpha value is -0.300. The summed E-state index contributed by atoms with van der Waals surface area (Å²) in [6.07, 6.45) is 24.4. The van der Waals surface area contributed by atoms with E-state index in [0.29, 0.717) is 0 Å². The lowest BCUT2D eigenvalue weighted by atomic mass is 10.1. The summed E-state index contributed by atoms with van der Waals surface area (Å²) in [7, 11) is 4.32. The molecule has 0 spiro atoms. The summed E-state index contributed by atoms with van der Waals surface area (Å²) < 4.78 is 0. The summed E-state index contributed by atoms with van der Waals surface area (Å²) >= 11 is 0. The first-order valence-electron chi connectivity index (χ1n) is 9.57. The molecule has 0 aliphatic carbocycles. The van der Waals surface area contributed by atoms with Crippen molar-refractivity contribution in [3.8, 4) is 0 Å².